The van der Waals surface area contributed by atoms with Crippen LogP contribution in [0.4, 0.5) is 5.69 Å². The van der Waals surface area contributed by atoms with Crippen LogP contribution in [-0.2, 0) is 16.1 Å². The molecule has 2 amide bonds. The van der Waals surface area contributed by atoms with Crippen LogP contribution in [0.5, 0.6) is 11.5 Å². The molecule has 0 aromatic heterocycles. The van der Waals surface area contributed by atoms with E-state index in [4.69, 9.17) is 14.7 Å². The van der Waals surface area contributed by atoms with Crippen LogP contribution in [-0.4, -0.2) is 46.3 Å². The minimum atomic E-state index is -0.806. The number of nitriles is 1. The van der Waals surface area contributed by atoms with E-state index in [-0.39, 0.29) is 31.4 Å². The first-order valence-corrected chi connectivity index (χ1v) is 10.9. The lowest BCUT2D eigenvalue weighted by atomic mass is 10.1. The number of carbonyl (C=O) groups is 2. The molecule has 5 rings (SSSR count). The van der Waals surface area contributed by atoms with E-state index in [2.05, 4.69) is 21.4 Å². The summed E-state index contributed by atoms with van der Waals surface area (Å²) in [7, 11) is 0. The first-order chi connectivity index (χ1) is 15.6. The van der Waals surface area contributed by atoms with Crippen LogP contribution >= 0.6 is 11.8 Å². The van der Waals surface area contributed by atoms with Gasteiger partial charge in [-0.05, 0) is 29.8 Å². The Morgan fingerprint density at radius 1 is 1.22 bits per heavy atom. The van der Waals surface area contributed by atoms with E-state index in [1.807, 2.05) is 36.4 Å². The van der Waals surface area contributed by atoms with Crippen molar-refractivity contribution in [2.75, 3.05) is 12.5 Å². The fourth-order valence-electron chi connectivity index (χ4n) is 3.70. The summed E-state index contributed by atoms with van der Waals surface area (Å²) in [5.41, 5.74) is 2.27. The molecule has 0 aliphatic carbocycles. The molecule has 2 aromatic carbocycles. The van der Waals surface area contributed by atoms with Gasteiger partial charge < -0.3 is 14.8 Å². The number of nitrogens with one attached hydrogen (secondary N) is 1. The van der Waals surface area contributed by atoms with Gasteiger partial charge in [0.25, 0.3) is 5.91 Å². The maximum Gasteiger partial charge on any atom is 0.271 e. The summed E-state index contributed by atoms with van der Waals surface area (Å²) in [6.07, 6.45) is -0.0787. The van der Waals surface area contributed by atoms with Gasteiger partial charge >= 0.3 is 0 Å². The zero-order chi connectivity index (χ0) is 22.1. The Morgan fingerprint density at radius 3 is 2.94 bits per heavy atom. The number of amidine groups is 2. The second-order valence-electron chi connectivity index (χ2n) is 7.19. The summed E-state index contributed by atoms with van der Waals surface area (Å²) in [6, 6.07) is 14.1. The molecule has 3 aliphatic heterocycles. The molecule has 1 unspecified atom stereocenters. The number of hydrogen-bond donors (Lipinski definition) is 1. The molecule has 0 spiro atoms. The highest BCUT2D eigenvalue weighted by atomic mass is 32.2. The standard InChI is InChI=1S/C22H17N5O4S/c23-7-8-32-22-25-15-4-2-1-3-14(15)20-26-21(29)16(27(20)22)10-19(28)24-11-13-5-6-17-18(9-13)31-12-30-17/h1-6,9,16H,8,10-12H2,(H,24,28). The summed E-state index contributed by atoms with van der Waals surface area (Å²) in [4.78, 5) is 35.9. The van der Waals surface area contributed by atoms with Gasteiger partial charge in [-0.1, -0.05) is 30.0 Å². The van der Waals surface area contributed by atoms with E-state index in [0.29, 0.717) is 28.2 Å². The fraction of sp³-hybridized carbons (Fsp3) is 0.227. The maximum atomic E-state index is 12.7. The largest absolute Gasteiger partial charge is 0.454 e. The number of para-hydroxylation sites is 1. The Balaban J connectivity index is 1.31. The number of amides is 2. The quantitative estimate of drug-likeness (QED) is 0.748. The zero-order valence-electron chi connectivity index (χ0n) is 16.8. The average Bonchev–Trinajstić information content (AvgIpc) is 3.40. The predicted molar refractivity (Wildman–Crippen MR) is 118 cm³/mol. The molecule has 9 nitrogen and oxygen atoms in total. The zero-order valence-corrected chi connectivity index (χ0v) is 17.6. The number of benzene rings is 2. The van der Waals surface area contributed by atoms with Crippen LogP contribution in [0.3, 0.4) is 0 Å². The average molecular weight is 447 g/mol. The van der Waals surface area contributed by atoms with Gasteiger partial charge in [0.05, 0.1) is 23.9 Å². The minimum absolute atomic E-state index is 0.0787. The Morgan fingerprint density at radius 2 is 2.06 bits per heavy atom. The van der Waals surface area contributed by atoms with Crippen LogP contribution < -0.4 is 14.8 Å². The summed E-state index contributed by atoms with van der Waals surface area (Å²) in [5.74, 6) is 1.26. The van der Waals surface area contributed by atoms with Crippen molar-refractivity contribution in [1.29, 1.82) is 5.26 Å². The molecule has 2 aromatic rings. The van der Waals surface area contributed by atoms with E-state index in [9.17, 15) is 9.59 Å². The van der Waals surface area contributed by atoms with Crippen LogP contribution in [0.2, 0.25) is 0 Å². The Labute approximate surface area is 187 Å². The van der Waals surface area contributed by atoms with Crippen molar-refractivity contribution in [2.24, 2.45) is 9.98 Å². The van der Waals surface area contributed by atoms with Gasteiger partial charge in [-0.25, -0.2) is 4.99 Å². The monoisotopic (exact) mass is 447 g/mol. The number of fused-ring (bicyclic) bond motifs is 4. The normalized spacial score (nSPS) is 17.8. The van der Waals surface area contributed by atoms with E-state index >= 15 is 0 Å². The van der Waals surface area contributed by atoms with Gasteiger partial charge in [0.2, 0.25) is 12.7 Å². The maximum absolute atomic E-state index is 12.7. The number of hydrogen-bond acceptors (Lipinski definition) is 8. The molecule has 3 heterocycles. The van der Waals surface area contributed by atoms with Crippen LogP contribution in [0.1, 0.15) is 17.5 Å². The highest BCUT2D eigenvalue weighted by Gasteiger charge is 2.42. The molecule has 1 N–H and O–H groups in total. The SMILES string of the molecule is N#CCSC1=Nc2ccccc2C2=NC(=O)C(CC(=O)NCc3ccc4c(c3)OCO4)N12. The van der Waals surface area contributed by atoms with Gasteiger partial charge in [0.15, 0.2) is 16.7 Å². The lowest BCUT2D eigenvalue weighted by Gasteiger charge is -2.30. The molecule has 10 heteroatoms. The highest BCUT2D eigenvalue weighted by molar-refractivity contribution is 8.14. The molecule has 0 bridgehead atoms. The molecule has 32 heavy (non-hydrogen) atoms. The molecule has 0 saturated carbocycles. The molecular weight excluding hydrogens is 430 g/mol. The number of rotatable bonds is 5. The van der Waals surface area contributed by atoms with Crippen molar-refractivity contribution in [3.63, 3.8) is 0 Å². The molecule has 0 fully saturated rings. The van der Waals surface area contributed by atoms with Crippen molar-refractivity contribution >= 4 is 40.3 Å². The van der Waals surface area contributed by atoms with Crippen LogP contribution in [0, 0.1) is 11.3 Å². The first-order valence-electron chi connectivity index (χ1n) is 9.89. The summed E-state index contributed by atoms with van der Waals surface area (Å²) in [6.45, 7) is 0.473. The van der Waals surface area contributed by atoms with E-state index < -0.39 is 11.9 Å². The van der Waals surface area contributed by atoms with Crippen molar-refractivity contribution < 1.29 is 19.1 Å². The minimum Gasteiger partial charge on any atom is -0.454 e. The number of thioether (sulfide) groups is 1. The first kappa shape index (κ1) is 20.1. The van der Waals surface area contributed by atoms with Crippen molar-refractivity contribution in [3.8, 4) is 17.6 Å². The van der Waals surface area contributed by atoms with Gasteiger partial charge in [-0.3, -0.25) is 14.5 Å². The number of ether oxygens (including phenoxy) is 2. The van der Waals surface area contributed by atoms with Crippen LogP contribution in [0.25, 0.3) is 0 Å². The molecule has 0 saturated heterocycles. The van der Waals surface area contributed by atoms with Gasteiger partial charge in [-0.2, -0.15) is 10.3 Å². The number of aliphatic imine (C=N–C) groups is 2. The van der Waals surface area contributed by atoms with Crippen molar-refractivity contribution in [1.82, 2.24) is 10.2 Å². The second-order valence-corrected chi connectivity index (χ2v) is 8.13. The van der Waals surface area contributed by atoms with Gasteiger partial charge in [-0.15, -0.1) is 0 Å². The Bertz CT molecular complexity index is 1220. The number of nitrogens with zero attached hydrogens (tertiary/aromatic N) is 4. The third-order valence-electron chi connectivity index (χ3n) is 5.18. The molecular formula is C22H17N5O4S. The third kappa shape index (κ3) is 3.67. The second kappa shape index (κ2) is 8.36. The molecule has 0 radical (unpaired) electrons. The lowest BCUT2D eigenvalue weighted by Crippen LogP contribution is -2.45. The highest BCUT2D eigenvalue weighted by Crippen LogP contribution is 2.35. The van der Waals surface area contributed by atoms with Gasteiger partial charge in [0, 0.05) is 12.1 Å². The fourth-order valence-corrected chi connectivity index (χ4v) is 4.41. The lowest BCUT2D eigenvalue weighted by molar-refractivity contribution is -0.126. The summed E-state index contributed by atoms with van der Waals surface area (Å²) in [5, 5.41) is 12.3. The smallest absolute Gasteiger partial charge is 0.271 e. The predicted octanol–water partition coefficient (Wildman–Crippen LogP) is 2.34. The summed E-state index contributed by atoms with van der Waals surface area (Å²) < 4.78 is 10.7. The third-order valence-corrected chi connectivity index (χ3v) is 6.00. The topological polar surface area (TPSA) is 116 Å². The Kier molecular flexibility index (Phi) is 5.25. The Hall–Kier alpha value is -3.84. The molecule has 1 atom stereocenters. The molecule has 160 valence electrons. The number of carbonyl (C=O) groups excluding carboxylic acids is 2. The summed E-state index contributed by atoms with van der Waals surface area (Å²) >= 11 is 1.22. The van der Waals surface area contributed by atoms with Crippen LogP contribution in [0.15, 0.2) is 52.4 Å². The molecule has 3 aliphatic rings. The van der Waals surface area contributed by atoms with E-state index in [1.54, 1.807) is 11.0 Å². The van der Waals surface area contributed by atoms with E-state index in [1.165, 1.54) is 11.8 Å². The van der Waals surface area contributed by atoms with E-state index in [0.717, 1.165) is 11.1 Å². The van der Waals surface area contributed by atoms with Gasteiger partial charge in [0.1, 0.15) is 11.9 Å². The van der Waals surface area contributed by atoms with Crippen molar-refractivity contribution in [3.05, 3.63) is 53.6 Å². The van der Waals surface area contributed by atoms with Crippen molar-refractivity contribution in [2.45, 2.75) is 19.0 Å².